The van der Waals surface area contributed by atoms with Crippen LogP contribution in [0.3, 0.4) is 0 Å². The zero-order valence-corrected chi connectivity index (χ0v) is 11.9. The average molecular weight is 326 g/mol. The summed E-state index contributed by atoms with van der Waals surface area (Å²) in [5, 5.41) is 67.5. The van der Waals surface area contributed by atoms with Crippen LogP contribution < -0.4 is 0 Å². The first-order valence-corrected chi connectivity index (χ1v) is 6.90. The predicted octanol–water partition coefficient (Wildman–Crippen LogP) is -4.37. The zero-order chi connectivity index (χ0) is 16.7. The molecule has 9 atom stereocenters. The number of rotatable bonds is 4. The molecule has 0 aromatic carbocycles. The van der Waals surface area contributed by atoms with Gasteiger partial charge in [0.05, 0.1) is 12.7 Å². The van der Waals surface area contributed by atoms with Gasteiger partial charge in [0.15, 0.2) is 6.29 Å². The lowest BCUT2D eigenvalue weighted by Crippen LogP contribution is -2.61. The number of ether oxygens (including phenoxy) is 3. The first-order chi connectivity index (χ1) is 10.3. The van der Waals surface area contributed by atoms with E-state index in [-0.39, 0.29) is 0 Å². The maximum atomic E-state index is 9.99. The van der Waals surface area contributed by atoms with Crippen molar-refractivity contribution in [3.05, 3.63) is 0 Å². The monoisotopic (exact) mass is 326 g/mol. The summed E-state index contributed by atoms with van der Waals surface area (Å²) in [5.41, 5.74) is 0. The summed E-state index contributed by atoms with van der Waals surface area (Å²) < 4.78 is 15.6. The number of aliphatic hydroxyl groups excluding tert-OH is 7. The van der Waals surface area contributed by atoms with E-state index in [1.54, 1.807) is 0 Å². The molecule has 10 heteroatoms. The zero-order valence-electron chi connectivity index (χ0n) is 11.9. The summed E-state index contributed by atoms with van der Waals surface area (Å²) in [4.78, 5) is 0. The van der Waals surface area contributed by atoms with Gasteiger partial charge in [-0.15, -0.1) is 0 Å². The van der Waals surface area contributed by atoms with Crippen molar-refractivity contribution in [3.63, 3.8) is 0 Å². The Balaban J connectivity index is 2.16. The molecule has 0 amide bonds. The maximum Gasteiger partial charge on any atom is 0.224 e. The molecule has 0 bridgehead atoms. The first-order valence-electron chi connectivity index (χ1n) is 6.90. The third-order valence-electron chi connectivity index (χ3n) is 4.03. The van der Waals surface area contributed by atoms with Crippen molar-refractivity contribution in [3.8, 4) is 0 Å². The number of hydrogen-bond donors (Lipinski definition) is 7. The number of aliphatic hydroxyl groups is 7. The largest absolute Gasteiger partial charge is 0.394 e. The molecule has 0 aromatic rings. The van der Waals surface area contributed by atoms with Gasteiger partial charge in [0.1, 0.15) is 43.2 Å². The molecule has 130 valence electrons. The SMILES string of the molecule is C[C@@H]1O[C@H](O[C@]2(CO)O[C@H](CO)[C@@H](O)[C@@H]2O)[C@@H](O)[C@H](O)[C@@H]1O. The summed E-state index contributed by atoms with van der Waals surface area (Å²) in [6, 6.07) is 0. The Labute approximate surface area is 126 Å². The lowest BCUT2D eigenvalue weighted by molar-refractivity contribution is -0.380. The molecule has 2 aliphatic rings. The van der Waals surface area contributed by atoms with Crippen LogP contribution in [0.4, 0.5) is 0 Å². The van der Waals surface area contributed by atoms with Gasteiger partial charge in [-0.05, 0) is 6.92 Å². The molecular formula is C12H22O10. The van der Waals surface area contributed by atoms with Gasteiger partial charge in [-0.2, -0.15) is 0 Å². The molecule has 0 spiro atoms. The molecular weight excluding hydrogens is 304 g/mol. The summed E-state index contributed by atoms with van der Waals surface area (Å²) >= 11 is 0. The fourth-order valence-electron chi connectivity index (χ4n) is 2.58. The van der Waals surface area contributed by atoms with E-state index in [1.165, 1.54) is 6.92 Å². The van der Waals surface area contributed by atoms with Crippen molar-refractivity contribution in [1.82, 2.24) is 0 Å². The summed E-state index contributed by atoms with van der Waals surface area (Å²) in [5.74, 6) is -2.14. The van der Waals surface area contributed by atoms with Gasteiger partial charge >= 0.3 is 0 Å². The normalized spacial score (nSPS) is 52.9. The van der Waals surface area contributed by atoms with Gasteiger partial charge in [-0.3, -0.25) is 0 Å². The molecule has 2 rings (SSSR count). The van der Waals surface area contributed by atoms with Gasteiger partial charge in [0, 0.05) is 0 Å². The summed E-state index contributed by atoms with van der Waals surface area (Å²) in [6.45, 7) is -0.102. The predicted molar refractivity (Wildman–Crippen MR) is 67.2 cm³/mol. The van der Waals surface area contributed by atoms with Crippen molar-refractivity contribution in [2.24, 2.45) is 0 Å². The van der Waals surface area contributed by atoms with E-state index >= 15 is 0 Å². The smallest absolute Gasteiger partial charge is 0.224 e. The van der Waals surface area contributed by atoms with Crippen molar-refractivity contribution in [1.29, 1.82) is 0 Å². The average Bonchev–Trinajstić information content (AvgIpc) is 2.75. The van der Waals surface area contributed by atoms with E-state index in [0.29, 0.717) is 0 Å². The molecule has 2 saturated heterocycles. The highest BCUT2D eigenvalue weighted by Gasteiger charge is 2.58. The Kier molecular flexibility index (Phi) is 5.39. The summed E-state index contributed by atoms with van der Waals surface area (Å²) in [6.07, 6.45) is -11.4. The molecule has 7 N–H and O–H groups in total. The van der Waals surface area contributed by atoms with Crippen LogP contribution in [0.5, 0.6) is 0 Å². The minimum absolute atomic E-state index is 0.630. The topological polar surface area (TPSA) is 169 Å². The van der Waals surface area contributed by atoms with Crippen molar-refractivity contribution in [2.75, 3.05) is 13.2 Å². The third kappa shape index (κ3) is 2.87. The lowest BCUT2D eigenvalue weighted by atomic mass is 9.99. The van der Waals surface area contributed by atoms with E-state index < -0.39 is 68.0 Å². The van der Waals surface area contributed by atoms with E-state index in [4.69, 9.17) is 19.3 Å². The second kappa shape index (κ2) is 6.61. The van der Waals surface area contributed by atoms with E-state index in [2.05, 4.69) is 0 Å². The lowest BCUT2D eigenvalue weighted by Gasteiger charge is -2.42. The number of hydrogen-bond acceptors (Lipinski definition) is 10. The third-order valence-corrected chi connectivity index (χ3v) is 4.03. The van der Waals surface area contributed by atoms with Crippen LogP contribution in [-0.2, 0) is 14.2 Å². The second-order valence-corrected chi connectivity index (χ2v) is 5.54. The molecule has 0 unspecified atom stereocenters. The van der Waals surface area contributed by atoms with Crippen LogP contribution in [0, 0.1) is 0 Å². The Bertz CT molecular complexity index is 381. The quantitative estimate of drug-likeness (QED) is 0.268. The highest BCUT2D eigenvalue weighted by molar-refractivity contribution is 4.98. The molecule has 2 fully saturated rings. The van der Waals surface area contributed by atoms with Crippen LogP contribution in [-0.4, -0.2) is 104 Å². The van der Waals surface area contributed by atoms with Gasteiger partial charge in [0.2, 0.25) is 5.79 Å². The first kappa shape index (κ1) is 17.9. The standard InChI is InChI=1S/C12H22O10/c1-4-6(15)8(17)9(18)11(20-4)22-12(3-14)10(19)7(16)5(2-13)21-12/h4-11,13-19H,2-3H2,1H3/t4-,5+,6+,7+,8+,9-,10-,11+,12-/m0/s1. The fraction of sp³-hybridized carbons (Fsp3) is 1.00. The molecule has 10 nitrogen and oxygen atoms in total. The second-order valence-electron chi connectivity index (χ2n) is 5.54. The molecule has 0 aromatic heterocycles. The molecule has 0 aliphatic carbocycles. The molecule has 22 heavy (non-hydrogen) atoms. The van der Waals surface area contributed by atoms with Crippen LogP contribution in [0.2, 0.25) is 0 Å². The van der Waals surface area contributed by atoms with Gasteiger partial charge in [-0.25, -0.2) is 0 Å². The molecule has 2 heterocycles. The Morgan fingerprint density at radius 3 is 2.09 bits per heavy atom. The van der Waals surface area contributed by atoms with Crippen molar-refractivity contribution >= 4 is 0 Å². The molecule has 0 radical (unpaired) electrons. The van der Waals surface area contributed by atoms with Gasteiger partial charge < -0.3 is 50.0 Å². The molecule has 2 aliphatic heterocycles. The maximum absolute atomic E-state index is 9.99. The minimum atomic E-state index is -2.14. The van der Waals surface area contributed by atoms with Gasteiger partial charge in [-0.1, -0.05) is 0 Å². The van der Waals surface area contributed by atoms with Crippen LogP contribution in [0.25, 0.3) is 0 Å². The van der Waals surface area contributed by atoms with Crippen molar-refractivity contribution in [2.45, 2.75) is 61.7 Å². The highest BCUT2D eigenvalue weighted by Crippen LogP contribution is 2.35. The van der Waals surface area contributed by atoms with Crippen molar-refractivity contribution < 1.29 is 50.0 Å². The minimum Gasteiger partial charge on any atom is -0.394 e. The van der Waals surface area contributed by atoms with Crippen LogP contribution in [0.15, 0.2) is 0 Å². The van der Waals surface area contributed by atoms with E-state index in [0.717, 1.165) is 0 Å². The Morgan fingerprint density at radius 1 is 0.955 bits per heavy atom. The van der Waals surface area contributed by atoms with Crippen LogP contribution in [0.1, 0.15) is 6.92 Å². The Morgan fingerprint density at radius 2 is 1.59 bits per heavy atom. The Hall–Kier alpha value is -0.400. The van der Waals surface area contributed by atoms with E-state index in [9.17, 15) is 30.6 Å². The van der Waals surface area contributed by atoms with Gasteiger partial charge in [0.25, 0.3) is 0 Å². The molecule has 0 saturated carbocycles. The van der Waals surface area contributed by atoms with Crippen LogP contribution >= 0.6 is 0 Å². The fourth-order valence-corrected chi connectivity index (χ4v) is 2.58. The summed E-state index contributed by atoms with van der Waals surface area (Å²) in [7, 11) is 0. The highest BCUT2D eigenvalue weighted by atomic mass is 16.8. The van der Waals surface area contributed by atoms with E-state index in [1.807, 2.05) is 0 Å².